The molecule has 4 aromatic carbocycles. The molecule has 9 heteroatoms. The lowest BCUT2D eigenvalue weighted by atomic mass is 10.1. The van der Waals surface area contributed by atoms with Crippen molar-refractivity contribution < 1.29 is 36.8 Å². The highest BCUT2D eigenvalue weighted by molar-refractivity contribution is 7.91. The monoisotopic (exact) mass is 658 g/mol. The van der Waals surface area contributed by atoms with Gasteiger partial charge in [0.2, 0.25) is 9.84 Å². The van der Waals surface area contributed by atoms with Crippen molar-refractivity contribution in [3.63, 3.8) is 0 Å². The molecule has 2 aliphatic rings. The van der Waals surface area contributed by atoms with Crippen LogP contribution in [0.2, 0.25) is 0 Å². The van der Waals surface area contributed by atoms with Crippen molar-refractivity contribution in [1.29, 1.82) is 0 Å². The van der Waals surface area contributed by atoms with E-state index in [2.05, 4.69) is 0 Å². The van der Waals surface area contributed by atoms with Crippen molar-refractivity contribution in [2.75, 3.05) is 39.6 Å². The van der Waals surface area contributed by atoms with Gasteiger partial charge in [0.15, 0.2) is 12.6 Å². The summed E-state index contributed by atoms with van der Waals surface area (Å²) in [5.41, 5.74) is 3.77. The number of hydrogen-bond donors (Lipinski definition) is 0. The Balaban J connectivity index is 0.987. The van der Waals surface area contributed by atoms with Gasteiger partial charge in [0.1, 0.15) is 24.7 Å². The topological polar surface area (TPSA) is 89.5 Å². The van der Waals surface area contributed by atoms with E-state index in [1.165, 1.54) is 0 Å². The van der Waals surface area contributed by atoms with Crippen LogP contribution >= 0.6 is 0 Å². The summed E-state index contributed by atoms with van der Waals surface area (Å²) in [6, 6.07) is 29.4. The van der Waals surface area contributed by atoms with Crippen LogP contribution in [-0.2, 0) is 28.8 Å². The summed E-state index contributed by atoms with van der Waals surface area (Å²) in [5, 5.41) is 0. The lowest BCUT2D eigenvalue weighted by Crippen LogP contribution is -2.24. The van der Waals surface area contributed by atoms with Gasteiger partial charge in [0, 0.05) is 13.2 Å². The van der Waals surface area contributed by atoms with E-state index in [4.69, 9.17) is 28.4 Å². The van der Waals surface area contributed by atoms with Crippen LogP contribution in [0.4, 0.5) is 0 Å². The fraction of sp³-hybridized carbons (Fsp3) is 0.368. The Morgan fingerprint density at radius 3 is 1.19 bits per heavy atom. The highest BCUT2D eigenvalue weighted by Crippen LogP contribution is 2.29. The maximum absolute atomic E-state index is 13.4. The Labute approximate surface area is 277 Å². The molecule has 8 nitrogen and oxygen atoms in total. The Morgan fingerprint density at radius 2 is 0.851 bits per heavy atom. The minimum atomic E-state index is -3.67. The molecule has 4 aromatic rings. The van der Waals surface area contributed by atoms with Gasteiger partial charge in [0.05, 0.1) is 23.0 Å². The molecule has 2 aliphatic heterocycles. The van der Waals surface area contributed by atoms with Gasteiger partial charge in [-0.1, -0.05) is 48.5 Å². The van der Waals surface area contributed by atoms with Crippen LogP contribution in [0.5, 0.6) is 11.5 Å². The number of ether oxygens (including phenoxy) is 6. The van der Waals surface area contributed by atoms with Gasteiger partial charge in [-0.2, -0.15) is 0 Å². The summed E-state index contributed by atoms with van der Waals surface area (Å²) in [5.74, 6) is 1.50. The standard InChI is InChI=1S/C38H42O8S/c39-47(40,35-19-11-31(12-20-35)29-7-15-33(16-8-29)41-25-27-45-37-5-1-3-23-43-37)36-21-13-32(14-22-36)30-9-17-34(18-10-30)42-26-28-46-38-6-2-4-24-44-38/h7-22,37-38H,1-6,23-28H2. The molecule has 0 spiro atoms. The Kier molecular flexibility index (Phi) is 11.6. The maximum atomic E-state index is 13.4. The van der Waals surface area contributed by atoms with Gasteiger partial charge >= 0.3 is 0 Å². The Bertz CT molecular complexity index is 1510. The SMILES string of the molecule is O=S(=O)(c1ccc(-c2ccc(OCCOC3CCCCO3)cc2)cc1)c1ccc(-c2ccc(OCCOC3CCCCO3)cc2)cc1. The number of hydrogen-bond acceptors (Lipinski definition) is 8. The first-order valence-corrected chi connectivity index (χ1v) is 17.9. The van der Waals surface area contributed by atoms with Crippen molar-refractivity contribution in [2.24, 2.45) is 0 Å². The maximum Gasteiger partial charge on any atom is 0.206 e. The lowest BCUT2D eigenvalue weighted by molar-refractivity contribution is -0.165. The van der Waals surface area contributed by atoms with E-state index in [1.807, 2.05) is 72.8 Å². The highest BCUT2D eigenvalue weighted by atomic mass is 32.2. The summed E-state index contributed by atoms with van der Waals surface area (Å²) in [6.45, 7) is 3.36. The smallest absolute Gasteiger partial charge is 0.206 e. The van der Waals surface area contributed by atoms with Crippen LogP contribution in [0.1, 0.15) is 38.5 Å². The van der Waals surface area contributed by atoms with E-state index < -0.39 is 9.84 Å². The van der Waals surface area contributed by atoms with Crippen molar-refractivity contribution >= 4 is 9.84 Å². The van der Waals surface area contributed by atoms with Crippen LogP contribution in [-0.4, -0.2) is 60.6 Å². The van der Waals surface area contributed by atoms with Crippen molar-refractivity contribution in [3.8, 4) is 33.8 Å². The highest BCUT2D eigenvalue weighted by Gasteiger charge is 2.18. The summed E-state index contributed by atoms with van der Waals surface area (Å²) in [4.78, 5) is 0.493. The van der Waals surface area contributed by atoms with E-state index in [0.29, 0.717) is 26.4 Å². The van der Waals surface area contributed by atoms with E-state index in [0.717, 1.165) is 85.5 Å². The fourth-order valence-corrected chi connectivity index (χ4v) is 6.90. The second kappa shape index (κ2) is 16.4. The third-order valence-corrected chi connectivity index (χ3v) is 10.1. The van der Waals surface area contributed by atoms with Gasteiger partial charge in [-0.15, -0.1) is 0 Å². The zero-order chi connectivity index (χ0) is 32.3. The van der Waals surface area contributed by atoms with Gasteiger partial charge in [-0.3, -0.25) is 0 Å². The van der Waals surface area contributed by atoms with Crippen molar-refractivity contribution in [3.05, 3.63) is 97.1 Å². The molecular weight excluding hydrogens is 616 g/mol. The molecule has 2 fully saturated rings. The van der Waals surface area contributed by atoms with E-state index in [9.17, 15) is 8.42 Å². The van der Waals surface area contributed by atoms with Crippen LogP contribution in [0.3, 0.4) is 0 Å². The molecule has 2 saturated heterocycles. The van der Waals surface area contributed by atoms with Crippen molar-refractivity contribution in [2.45, 2.75) is 60.9 Å². The fourth-order valence-electron chi connectivity index (χ4n) is 5.64. The van der Waals surface area contributed by atoms with E-state index in [1.54, 1.807) is 24.3 Å². The molecule has 2 atom stereocenters. The number of rotatable bonds is 14. The number of sulfone groups is 1. The average molecular weight is 659 g/mol. The van der Waals surface area contributed by atoms with E-state index >= 15 is 0 Å². The Morgan fingerprint density at radius 1 is 0.489 bits per heavy atom. The van der Waals surface area contributed by atoms with Crippen LogP contribution in [0.25, 0.3) is 22.3 Å². The second-order valence-corrected chi connectivity index (χ2v) is 13.6. The first-order valence-electron chi connectivity index (χ1n) is 16.4. The third-order valence-electron chi connectivity index (χ3n) is 8.29. The quantitative estimate of drug-likeness (QED) is 0.127. The molecular formula is C38H42O8S. The molecule has 2 unspecified atom stereocenters. The molecule has 0 saturated carbocycles. The van der Waals surface area contributed by atoms with Gasteiger partial charge in [0.25, 0.3) is 0 Å². The summed E-state index contributed by atoms with van der Waals surface area (Å²) in [7, 11) is -3.67. The summed E-state index contributed by atoms with van der Waals surface area (Å²) >= 11 is 0. The molecule has 0 aliphatic carbocycles. The molecule has 0 aromatic heterocycles. The van der Waals surface area contributed by atoms with Crippen LogP contribution in [0, 0.1) is 0 Å². The lowest BCUT2D eigenvalue weighted by Gasteiger charge is -2.22. The Hall–Kier alpha value is -3.73. The van der Waals surface area contributed by atoms with E-state index in [-0.39, 0.29) is 22.4 Å². The molecule has 0 N–H and O–H groups in total. The minimum absolute atomic E-state index is 0.122. The predicted octanol–water partition coefficient (Wildman–Crippen LogP) is 7.70. The summed E-state index contributed by atoms with van der Waals surface area (Å²) in [6.07, 6.45) is 6.08. The summed E-state index contributed by atoms with van der Waals surface area (Å²) < 4.78 is 61.0. The zero-order valence-corrected chi connectivity index (χ0v) is 27.4. The second-order valence-electron chi connectivity index (χ2n) is 11.6. The first-order chi connectivity index (χ1) is 23.0. The minimum Gasteiger partial charge on any atom is -0.491 e. The molecule has 47 heavy (non-hydrogen) atoms. The van der Waals surface area contributed by atoms with Crippen LogP contribution in [0.15, 0.2) is 107 Å². The van der Waals surface area contributed by atoms with Crippen molar-refractivity contribution in [1.82, 2.24) is 0 Å². The normalized spacial score (nSPS) is 18.5. The third kappa shape index (κ3) is 9.21. The molecule has 0 amide bonds. The molecule has 6 rings (SSSR count). The van der Waals surface area contributed by atoms with Gasteiger partial charge < -0.3 is 28.4 Å². The average Bonchev–Trinajstić information content (AvgIpc) is 3.13. The molecule has 0 bridgehead atoms. The zero-order valence-electron chi connectivity index (χ0n) is 26.6. The largest absolute Gasteiger partial charge is 0.491 e. The number of benzene rings is 4. The van der Waals surface area contributed by atoms with Gasteiger partial charge in [-0.25, -0.2) is 8.42 Å². The molecule has 248 valence electrons. The van der Waals surface area contributed by atoms with Crippen LogP contribution < -0.4 is 9.47 Å². The predicted molar refractivity (Wildman–Crippen MR) is 179 cm³/mol. The molecule has 2 heterocycles. The first kappa shape index (κ1) is 33.2. The van der Waals surface area contributed by atoms with Gasteiger partial charge in [-0.05, 0) is 109 Å². The molecule has 0 radical (unpaired) electrons.